The molecule has 1 aliphatic rings. The Morgan fingerprint density at radius 1 is 1.22 bits per heavy atom. The molecule has 2 aromatic rings. The normalized spacial score (nSPS) is 13.6. The van der Waals surface area contributed by atoms with Crippen molar-refractivity contribution in [2.24, 2.45) is 10.9 Å². The third kappa shape index (κ3) is 4.74. The zero-order chi connectivity index (χ0) is 19.8. The van der Waals surface area contributed by atoms with E-state index in [0.29, 0.717) is 5.56 Å². The number of benzene rings is 2. The van der Waals surface area contributed by atoms with Gasteiger partial charge in [-0.3, -0.25) is 0 Å². The van der Waals surface area contributed by atoms with Gasteiger partial charge in [0.1, 0.15) is 5.82 Å². The van der Waals surface area contributed by atoms with Crippen LogP contribution in [0.15, 0.2) is 42.0 Å². The summed E-state index contributed by atoms with van der Waals surface area (Å²) in [6.07, 6.45) is 5.76. The third-order valence-corrected chi connectivity index (χ3v) is 4.57. The van der Waals surface area contributed by atoms with Crippen LogP contribution in [0.1, 0.15) is 29.5 Å². The number of halogens is 1. The van der Waals surface area contributed by atoms with Gasteiger partial charge in [-0.2, -0.15) is 5.10 Å². The lowest BCUT2D eigenvalue weighted by molar-refractivity contribution is 0.630. The van der Waals surface area contributed by atoms with E-state index < -0.39 is 0 Å². The predicted octanol–water partition coefficient (Wildman–Crippen LogP) is 4.17. The molecule has 144 valence electrons. The number of nitrogens with one attached hydrogen (secondary N) is 1. The average molecular weight is 369 g/mol. The van der Waals surface area contributed by atoms with E-state index in [1.807, 2.05) is 39.2 Å². The van der Waals surface area contributed by atoms with E-state index in [1.165, 1.54) is 18.9 Å². The monoisotopic (exact) mass is 368 g/mol. The van der Waals surface area contributed by atoms with Gasteiger partial charge in [-0.25, -0.2) is 4.39 Å². The van der Waals surface area contributed by atoms with Crippen molar-refractivity contribution in [2.75, 3.05) is 32.1 Å². The molecule has 0 atom stereocenters. The Balaban J connectivity index is 0.000000817. The largest absolute Gasteiger partial charge is 0.371 e. The number of aryl methyl sites for hydroxylation is 1. The molecule has 1 fully saturated rings. The molecule has 4 nitrogen and oxygen atoms in total. The maximum Gasteiger partial charge on any atom is 0.131 e. The Labute approximate surface area is 161 Å². The molecule has 1 heterocycles. The number of rotatable bonds is 4. The van der Waals surface area contributed by atoms with Crippen molar-refractivity contribution in [2.45, 2.75) is 19.8 Å². The van der Waals surface area contributed by atoms with Crippen LogP contribution in [-0.2, 0) is 0 Å². The van der Waals surface area contributed by atoms with E-state index in [-0.39, 0.29) is 5.82 Å². The van der Waals surface area contributed by atoms with Crippen LogP contribution in [0.25, 0.3) is 17.2 Å². The van der Waals surface area contributed by atoms with Gasteiger partial charge >= 0.3 is 0 Å². The van der Waals surface area contributed by atoms with Gasteiger partial charge < -0.3 is 16.1 Å². The summed E-state index contributed by atoms with van der Waals surface area (Å²) in [5.41, 5.74) is 5.29. The van der Waals surface area contributed by atoms with E-state index in [9.17, 15) is 4.39 Å². The molecule has 27 heavy (non-hydrogen) atoms. The molecule has 0 spiro atoms. The minimum absolute atomic E-state index is 0.218. The summed E-state index contributed by atoms with van der Waals surface area (Å²) in [7, 11) is 3.75. The van der Waals surface area contributed by atoms with Crippen LogP contribution in [0, 0.1) is 12.7 Å². The molecule has 0 aliphatic carbocycles. The van der Waals surface area contributed by atoms with Gasteiger partial charge in [0.2, 0.25) is 0 Å². The molecular weight excluding hydrogens is 339 g/mol. The van der Waals surface area contributed by atoms with Crippen LogP contribution in [0.5, 0.6) is 0 Å². The summed E-state index contributed by atoms with van der Waals surface area (Å²) in [5, 5.41) is 6.43. The zero-order valence-electron chi connectivity index (χ0n) is 16.4. The lowest BCUT2D eigenvalue weighted by Gasteiger charge is -2.23. The standard InChI is InChI=1S/C20H22FN3.C2H7N/c1-3-17-16(13-23-22)11-15(12-19(17)24-9-4-5-10-24)20-14(2)7-6-8-18(20)21;1-3-2/h3,6-8,11-13H,1,4-5,9-10,22H2,2H3;3H,1-2H3/b23-13-;. The Morgan fingerprint density at radius 3 is 2.44 bits per heavy atom. The van der Waals surface area contributed by atoms with Crippen molar-refractivity contribution in [3.05, 3.63) is 59.4 Å². The van der Waals surface area contributed by atoms with Gasteiger partial charge in [-0.1, -0.05) is 24.8 Å². The van der Waals surface area contributed by atoms with E-state index in [1.54, 1.807) is 12.3 Å². The Hall–Kier alpha value is -2.66. The summed E-state index contributed by atoms with van der Waals surface area (Å²) >= 11 is 0. The summed E-state index contributed by atoms with van der Waals surface area (Å²) in [4.78, 5) is 2.32. The lowest BCUT2D eigenvalue weighted by atomic mass is 9.94. The maximum absolute atomic E-state index is 14.5. The number of hydrazone groups is 1. The van der Waals surface area contributed by atoms with Gasteiger partial charge in [0.25, 0.3) is 0 Å². The highest BCUT2D eigenvalue weighted by molar-refractivity contribution is 5.93. The fourth-order valence-electron chi connectivity index (χ4n) is 3.43. The summed E-state index contributed by atoms with van der Waals surface area (Å²) in [6.45, 7) is 7.86. The van der Waals surface area contributed by atoms with Gasteiger partial charge in [0.05, 0.1) is 6.21 Å². The molecular formula is C22H29FN4. The van der Waals surface area contributed by atoms with Gasteiger partial charge in [-0.05, 0) is 63.2 Å². The van der Waals surface area contributed by atoms with Crippen LogP contribution in [0.3, 0.4) is 0 Å². The molecule has 0 saturated carbocycles. The molecule has 2 aromatic carbocycles. The van der Waals surface area contributed by atoms with Gasteiger partial charge in [0.15, 0.2) is 0 Å². The first-order valence-corrected chi connectivity index (χ1v) is 9.20. The van der Waals surface area contributed by atoms with Crippen LogP contribution >= 0.6 is 0 Å². The van der Waals surface area contributed by atoms with E-state index in [0.717, 1.165) is 41.0 Å². The second-order valence-electron chi connectivity index (χ2n) is 6.61. The highest BCUT2D eigenvalue weighted by Gasteiger charge is 2.19. The number of nitrogens with zero attached hydrogens (tertiary/aromatic N) is 2. The molecule has 3 rings (SSSR count). The Kier molecular flexibility index (Phi) is 7.55. The third-order valence-electron chi connectivity index (χ3n) is 4.57. The lowest BCUT2D eigenvalue weighted by Crippen LogP contribution is -2.19. The zero-order valence-corrected chi connectivity index (χ0v) is 16.4. The number of hydrogen-bond donors (Lipinski definition) is 2. The van der Waals surface area contributed by atoms with Crippen LogP contribution < -0.4 is 16.1 Å². The highest BCUT2D eigenvalue weighted by atomic mass is 19.1. The fraction of sp³-hybridized carbons (Fsp3) is 0.318. The second-order valence-corrected chi connectivity index (χ2v) is 6.61. The van der Waals surface area contributed by atoms with Gasteiger partial charge in [-0.15, -0.1) is 0 Å². The minimum atomic E-state index is -0.218. The molecule has 0 aromatic heterocycles. The topological polar surface area (TPSA) is 53.6 Å². The highest BCUT2D eigenvalue weighted by Crippen LogP contribution is 2.35. The number of anilines is 1. The smallest absolute Gasteiger partial charge is 0.131 e. The second kappa shape index (κ2) is 9.88. The quantitative estimate of drug-likeness (QED) is 0.484. The molecule has 0 unspecified atom stereocenters. The summed E-state index contributed by atoms with van der Waals surface area (Å²) < 4.78 is 14.5. The molecule has 3 N–H and O–H groups in total. The summed E-state index contributed by atoms with van der Waals surface area (Å²) in [5.74, 6) is 5.17. The number of nitrogens with two attached hydrogens (primary N) is 1. The van der Waals surface area contributed by atoms with Crippen LogP contribution in [0.2, 0.25) is 0 Å². The molecule has 0 radical (unpaired) electrons. The maximum atomic E-state index is 14.5. The molecule has 0 amide bonds. The van der Waals surface area contributed by atoms with Crippen LogP contribution in [0.4, 0.5) is 10.1 Å². The SMILES string of the molecule is C=Cc1c(/C=N\N)cc(-c2c(C)cccc2F)cc1N1CCCC1.CNC. The van der Waals surface area contributed by atoms with Crippen molar-refractivity contribution >= 4 is 18.0 Å². The first-order chi connectivity index (χ1) is 13.1. The van der Waals surface area contributed by atoms with Crippen molar-refractivity contribution < 1.29 is 4.39 Å². The van der Waals surface area contributed by atoms with Crippen molar-refractivity contribution in [3.63, 3.8) is 0 Å². The average Bonchev–Trinajstić information content (AvgIpc) is 3.17. The van der Waals surface area contributed by atoms with Crippen molar-refractivity contribution in [3.8, 4) is 11.1 Å². The van der Waals surface area contributed by atoms with Crippen molar-refractivity contribution in [1.29, 1.82) is 0 Å². The first-order valence-electron chi connectivity index (χ1n) is 9.20. The Bertz CT molecular complexity index is 788. The molecule has 1 saturated heterocycles. The van der Waals surface area contributed by atoms with E-state index in [2.05, 4.69) is 28.0 Å². The minimum Gasteiger partial charge on any atom is -0.371 e. The molecule has 0 bridgehead atoms. The van der Waals surface area contributed by atoms with Crippen LogP contribution in [-0.4, -0.2) is 33.4 Å². The Morgan fingerprint density at radius 2 is 1.89 bits per heavy atom. The van der Waals surface area contributed by atoms with E-state index in [4.69, 9.17) is 5.84 Å². The van der Waals surface area contributed by atoms with E-state index >= 15 is 0 Å². The first kappa shape index (κ1) is 20.6. The molecule has 5 heteroatoms. The number of hydrogen-bond acceptors (Lipinski definition) is 4. The fourth-order valence-corrected chi connectivity index (χ4v) is 3.43. The molecule has 1 aliphatic heterocycles. The van der Waals surface area contributed by atoms with Crippen molar-refractivity contribution in [1.82, 2.24) is 5.32 Å². The predicted molar refractivity (Wildman–Crippen MR) is 115 cm³/mol. The van der Waals surface area contributed by atoms with Gasteiger partial charge in [0, 0.05) is 35.5 Å². The summed E-state index contributed by atoms with van der Waals surface area (Å²) in [6, 6.07) is 9.14.